The molecule has 0 saturated carbocycles. The number of nitrogens with zero attached hydrogens (tertiary/aromatic N) is 5. The van der Waals surface area contributed by atoms with Gasteiger partial charge in [-0.3, -0.25) is 24.6 Å². The minimum atomic E-state index is -0.368. The summed E-state index contributed by atoms with van der Waals surface area (Å²) in [5, 5.41) is 11.5. The van der Waals surface area contributed by atoms with Crippen LogP contribution in [0.3, 0.4) is 0 Å². The number of amides is 2. The molecule has 2 unspecified atom stereocenters. The van der Waals surface area contributed by atoms with Gasteiger partial charge in [-0.2, -0.15) is 0 Å². The van der Waals surface area contributed by atoms with Crippen molar-refractivity contribution in [1.82, 2.24) is 14.7 Å². The fourth-order valence-corrected chi connectivity index (χ4v) is 6.59. The molecule has 6 rings (SSSR count). The predicted molar refractivity (Wildman–Crippen MR) is 139 cm³/mol. The molecule has 9 nitrogen and oxygen atoms in total. The van der Waals surface area contributed by atoms with Gasteiger partial charge in [0, 0.05) is 63.6 Å². The Labute approximate surface area is 216 Å². The molecule has 4 aliphatic heterocycles. The van der Waals surface area contributed by atoms with Crippen molar-refractivity contribution in [1.29, 1.82) is 0 Å². The Morgan fingerprint density at radius 2 is 1.70 bits per heavy atom. The highest BCUT2D eigenvalue weighted by molar-refractivity contribution is 5.83. The molecule has 2 amide bonds. The highest BCUT2D eigenvalue weighted by Crippen LogP contribution is 2.39. The van der Waals surface area contributed by atoms with Gasteiger partial charge in [0.25, 0.3) is 5.69 Å². The van der Waals surface area contributed by atoms with Gasteiger partial charge >= 0.3 is 0 Å². The molecule has 0 spiro atoms. The number of nitro benzene ring substituents is 1. The van der Waals surface area contributed by atoms with E-state index in [1.807, 2.05) is 28.0 Å². The molecule has 0 aromatic heterocycles. The normalized spacial score (nSPS) is 23.3. The molecular formula is C28H33N5O4. The fourth-order valence-electron chi connectivity index (χ4n) is 6.59. The van der Waals surface area contributed by atoms with E-state index in [1.165, 1.54) is 11.1 Å². The summed E-state index contributed by atoms with van der Waals surface area (Å²) in [5.41, 5.74) is 4.39. The van der Waals surface area contributed by atoms with Crippen LogP contribution in [0.4, 0.5) is 11.4 Å². The SMILES string of the molecule is O=C(CN1CCN2c3ccc([N+](=O)[O-])cc3CC(C(=O)N3CCc4ccccc4C3)C2C1)N1CCCC1. The number of carbonyl (C=O) groups excluding carboxylic acids is 2. The van der Waals surface area contributed by atoms with E-state index in [2.05, 4.69) is 21.9 Å². The smallest absolute Gasteiger partial charge is 0.269 e. The number of hydrogen-bond acceptors (Lipinski definition) is 6. The molecule has 2 fully saturated rings. The van der Waals surface area contributed by atoms with Crippen LogP contribution in [0.1, 0.15) is 29.5 Å². The summed E-state index contributed by atoms with van der Waals surface area (Å²) in [6.07, 6.45) is 3.45. The zero-order valence-corrected chi connectivity index (χ0v) is 21.1. The Morgan fingerprint density at radius 3 is 2.49 bits per heavy atom. The van der Waals surface area contributed by atoms with Crippen LogP contribution >= 0.6 is 0 Å². The highest BCUT2D eigenvalue weighted by atomic mass is 16.6. The minimum Gasteiger partial charge on any atom is -0.365 e. The zero-order chi connectivity index (χ0) is 25.5. The van der Waals surface area contributed by atoms with Crippen LogP contribution in [0.2, 0.25) is 0 Å². The number of hydrogen-bond donors (Lipinski definition) is 0. The summed E-state index contributed by atoms with van der Waals surface area (Å²) in [7, 11) is 0. The second-order valence-corrected chi connectivity index (χ2v) is 10.7. The van der Waals surface area contributed by atoms with Gasteiger partial charge in [-0.1, -0.05) is 24.3 Å². The highest BCUT2D eigenvalue weighted by Gasteiger charge is 2.44. The first-order chi connectivity index (χ1) is 18.0. The largest absolute Gasteiger partial charge is 0.365 e. The molecule has 2 atom stereocenters. The first-order valence-corrected chi connectivity index (χ1v) is 13.4. The van der Waals surface area contributed by atoms with Gasteiger partial charge in [-0.15, -0.1) is 0 Å². The first-order valence-electron chi connectivity index (χ1n) is 13.4. The minimum absolute atomic E-state index is 0.0603. The van der Waals surface area contributed by atoms with E-state index < -0.39 is 0 Å². The van der Waals surface area contributed by atoms with Crippen molar-refractivity contribution in [3.63, 3.8) is 0 Å². The number of anilines is 1. The summed E-state index contributed by atoms with van der Waals surface area (Å²) < 4.78 is 0. The van der Waals surface area contributed by atoms with Gasteiger partial charge < -0.3 is 14.7 Å². The van der Waals surface area contributed by atoms with Crippen LogP contribution in [0, 0.1) is 16.0 Å². The van der Waals surface area contributed by atoms with Crippen LogP contribution in [0.25, 0.3) is 0 Å². The van der Waals surface area contributed by atoms with Crippen molar-refractivity contribution in [3.05, 3.63) is 69.3 Å². The lowest BCUT2D eigenvalue weighted by atomic mass is 9.82. The third-order valence-corrected chi connectivity index (χ3v) is 8.57. The van der Waals surface area contributed by atoms with E-state index in [1.54, 1.807) is 12.1 Å². The summed E-state index contributed by atoms with van der Waals surface area (Å²) >= 11 is 0. The van der Waals surface area contributed by atoms with E-state index in [0.29, 0.717) is 39.1 Å². The number of fused-ring (bicyclic) bond motifs is 4. The van der Waals surface area contributed by atoms with Crippen LogP contribution in [0.15, 0.2) is 42.5 Å². The quantitative estimate of drug-likeness (QED) is 0.470. The Hall–Kier alpha value is -3.46. The molecule has 2 saturated heterocycles. The van der Waals surface area contributed by atoms with E-state index in [-0.39, 0.29) is 34.4 Å². The monoisotopic (exact) mass is 503 g/mol. The summed E-state index contributed by atoms with van der Waals surface area (Å²) in [5.74, 6) is -0.0351. The van der Waals surface area contributed by atoms with Crippen molar-refractivity contribution in [2.24, 2.45) is 5.92 Å². The molecule has 0 aliphatic carbocycles. The molecule has 194 valence electrons. The summed E-state index contributed by atoms with van der Waals surface area (Å²) in [6, 6.07) is 13.2. The van der Waals surface area contributed by atoms with Crippen molar-refractivity contribution < 1.29 is 14.5 Å². The number of piperazine rings is 1. The van der Waals surface area contributed by atoms with Gasteiger partial charge in [-0.25, -0.2) is 0 Å². The van der Waals surface area contributed by atoms with Crippen LogP contribution in [-0.4, -0.2) is 83.3 Å². The number of rotatable bonds is 4. The van der Waals surface area contributed by atoms with Crippen LogP contribution in [0.5, 0.6) is 0 Å². The maximum absolute atomic E-state index is 14.1. The van der Waals surface area contributed by atoms with E-state index >= 15 is 0 Å². The average Bonchev–Trinajstić information content (AvgIpc) is 3.47. The first kappa shape index (κ1) is 23.9. The second kappa shape index (κ2) is 9.78. The van der Waals surface area contributed by atoms with Gasteiger partial charge in [0.15, 0.2) is 0 Å². The molecule has 37 heavy (non-hydrogen) atoms. The Bertz CT molecular complexity index is 1230. The van der Waals surface area contributed by atoms with E-state index in [0.717, 1.165) is 50.1 Å². The number of carbonyl (C=O) groups is 2. The van der Waals surface area contributed by atoms with E-state index in [4.69, 9.17) is 0 Å². The number of benzene rings is 2. The maximum atomic E-state index is 14.1. The lowest BCUT2D eigenvalue weighted by Gasteiger charge is -2.50. The number of likely N-dealkylation sites (tertiary alicyclic amines) is 1. The van der Waals surface area contributed by atoms with Crippen LogP contribution in [-0.2, 0) is 29.0 Å². The molecule has 9 heteroatoms. The predicted octanol–water partition coefficient (Wildman–Crippen LogP) is 2.46. The molecule has 0 N–H and O–H groups in total. The zero-order valence-electron chi connectivity index (χ0n) is 21.1. The third-order valence-electron chi connectivity index (χ3n) is 8.57. The van der Waals surface area contributed by atoms with Crippen molar-refractivity contribution in [2.75, 3.05) is 50.7 Å². The van der Waals surface area contributed by atoms with Gasteiger partial charge in [0.05, 0.1) is 23.4 Å². The van der Waals surface area contributed by atoms with Gasteiger partial charge in [-0.05, 0) is 48.4 Å². The molecule has 4 aliphatic rings. The van der Waals surface area contributed by atoms with Crippen molar-refractivity contribution in [3.8, 4) is 0 Å². The molecule has 2 aromatic carbocycles. The van der Waals surface area contributed by atoms with Gasteiger partial charge in [0.1, 0.15) is 0 Å². The van der Waals surface area contributed by atoms with Crippen molar-refractivity contribution in [2.45, 2.75) is 38.3 Å². The number of non-ortho nitro benzene ring substituents is 1. The Morgan fingerprint density at radius 1 is 0.919 bits per heavy atom. The summed E-state index contributed by atoms with van der Waals surface area (Å²) in [4.78, 5) is 46.4. The Kier molecular flexibility index (Phi) is 6.32. The summed E-state index contributed by atoms with van der Waals surface area (Å²) in [6.45, 7) is 5.39. The average molecular weight is 504 g/mol. The van der Waals surface area contributed by atoms with Gasteiger partial charge in [0.2, 0.25) is 11.8 Å². The lowest BCUT2D eigenvalue weighted by molar-refractivity contribution is -0.384. The fraction of sp³-hybridized carbons (Fsp3) is 0.500. The number of nitro groups is 1. The lowest BCUT2D eigenvalue weighted by Crippen LogP contribution is -2.62. The molecule has 0 radical (unpaired) electrons. The van der Waals surface area contributed by atoms with E-state index in [9.17, 15) is 19.7 Å². The maximum Gasteiger partial charge on any atom is 0.269 e. The third kappa shape index (κ3) is 4.56. The second-order valence-electron chi connectivity index (χ2n) is 10.7. The van der Waals surface area contributed by atoms with Crippen molar-refractivity contribution >= 4 is 23.2 Å². The topological polar surface area (TPSA) is 90.2 Å². The Balaban J connectivity index is 1.27. The molecule has 4 heterocycles. The van der Waals surface area contributed by atoms with Crippen LogP contribution < -0.4 is 4.90 Å². The molecular weight excluding hydrogens is 470 g/mol. The molecule has 2 aromatic rings. The molecule has 0 bridgehead atoms. The standard InChI is InChI=1S/C28H33N5O4/c34-27(30-10-3-4-11-30)19-29-13-14-32-25-8-7-23(33(36)37)15-22(25)16-24(26(32)18-29)28(35)31-12-9-20-5-1-2-6-21(20)17-31/h1-2,5-8,15,24,26H,3-4,9-14,16-19H2.